The summed E-state index contributed by atoms with van der Waals surface area (Å²) in [4.78, 5) is 33.1. The smallest absolute Gasteiger partial charge is 0.335 e. The molecule has 0 saturated heterocycles. The molecule has 1 aromatic heterocycles. The van der Waals surface area contributed by atoms with Crippen LogP contribution in [-0.4, -0.2) is 79.3 Å². The van der Waals surface area contributed by atoms with Crippen molar-refractivity contribution in [1.82, 2.24) is 14.6 Å². The summed E-state index contributed by atoms with van der Waals surface area (Å²) >= 11 is 7.42. The van der Waals surface area contributed by atoms with E-state index in [2.05, 4.69) is 15.3 Å². The van der Waals surface area contributed by atoms with Gasteiger partial charge in [0.15, 0.2) is 22.5 Å². The minimum Gasteiger partial charge on any atom is -0.478 e. The molecule has 1 unspecified atom stereocenters. The summed E-state index contributed by atoms with van der Waals surface area (Å²) in [5.41, 5.74) is 0.129. The Bertz CT molecular complexity index is 1530. The van der Waals surface area contributed by atoms with E-state index in [-0.39, 0.29) is 36.0 Å². The third-order valence-corrected chi connectivity index (χ3v) is 9.77. The zero-order valence-corrected chi connectivity index (χ0v) is 25.9. The number of sulfonamides is 1. The normalized spacial score (nSPS) is 21.7. The molecule has 2 aromatic rings. The number of aromatic nitrogens is 1. The lowest BCUT2D eigenvalue weighted by molar-refractivity contribution is -0.149. The van der Waals surface area contributed by atoms with E-state index in [4.69, 9.17) is 21.1 Å². The lowest BCUT2D eigenvalue weighted by Gasteiger charge is -2.39. The minimum absolute atomic E-state index is 0.00647. The summed E-state index contributed by atoms with van der Waals surface area (Å²) in [7, 11) is -2.30. The Kier molecular flexibility index (Phi) is 10.5. The number of thiazole rings is 1. The number of nitrogens with zero attached hydrogens (tertiary/aromatic N) is 3. The summed E-state index contributed by atoms with van der Waals surface area (Å²) in [6, 6.07) is 0.371. The molecule has 0 spiro atoms. The van der Waals surface area contributed by atoms with Crippen LogP contribution < -0.4 is 5.32 Å². The molecule has 1 aromatic carbocycles. The predicted molar refractivity (Wildman–Crippen MR) is 155 cm³/mol. The molecule has 234 valence electrons. The van der Waals surface area contributed by atoms with Crippen molar-refractivity contribution in [3.8, 4) is 0 Å². The van der Waals surface area contributed by atoms with Crippen LogP contribution in [0.2, 0.25) is 5.02 Å². The van der Waals surface area contributed by atoms with Gasteiger partial charge in [-0.05, 0) is 37.7 Å². The van der Waals surface area contributed by atoms with Gasteiger partial charge in [-0.2, -0.15) is 4.31 Å². The van der Waals surface area contributed by atoms with Gasteiger partial charge in [0.2, 0.25) is 10.0 Å². The molecule has 1 aliphatic carbocycles. The number of nitrogens with one attached hydrogen (secondary N) is 1. The van der Waals surface area contributed by atoms with Crippen LogP contribution in [0.15, 0.2) is 40.0 Å². The second kappa shape index (κ2) is 13.8. The Balaban J connectivity index is 1.67. The first-order valence-corrected chi connectivity index (χ1v) is 16.4. The van der Waals surface area contributed by atoms with E-state index in [1.165, 1.54) is 35.7 Å². The summed E-state index contributed by atoms with van der Waals surface area (Å²) in [6.07, 6.45) is 3.35. The molecule has 1 fully saturated rings. The number of aliphatic carboxylic acids is 1. The van der Waals surface area contributed by atoms with Crippen LogP contribution in [0.5, 0.6) is 0 Å². The van der Waals surface area contributed by atoms with Gasteiger partial charge in [0.1, 0.15) is 12.1 Å². The standard InChI is InChI=1S/C27H31ClF2N4O7S2/c1-14(35)41-17(13-40-2)12-34(43(3,38)39)16-6-4-15(5-7-16)23-20(27(36)37)24(18-8-9-19(29)22(30)21(18)28)33-25(32-23)26-31-10-11-42-26/h8-11,15-17,24H,4-7,12-13H2,1-3H3,(H,32,33)(H,36,37)/t15?,16?,17-,24?/m0/s1. The summed E-state index contributed by atoms with van der Waals surface area (Å²) in [5, 5.41) is 15.1. The highest BCUT2D eigenvalue weighted by molar-refractivity contribution is 7.88. The lowest BCUT2D eigenvalue weighted by Crippen LogP contribution is -2.48. The van der Waals surface area contributed by atoms with Crippen LogP contribution >= 0.6 is 22.9 Å². The van der Waals surface area contributed by atoms with E-state index in [1.54, 1.807) is 11.6 Å². The van der Waals surface area contributed by atoms with Gasteiger partial charge < -0.3 is 19.9 Å². The SMILES string of the molecule is COC[C@H](CN(C1CCC(C2=C(C(=O)O)C(c3ccc(F)c(F)c3Cl)N=C(c3nccs3)N2)CC1)S(C)(=O)=O)OC(C)=O. The van der Waals surface area contributed by atoms with E-state index in [9.17, 15) is 31.9 Å². The van der Waals surface area contributed by atoms with E-state index in [0.717, 1.165) is 12.3 Å². The molecular weight excluding hydrogens is 630 g/mol. The first-order chi connectivity index (χ1) is 20.3. The highest BCUT2D eigenvalue weighted by Gasteiger charge is 2.40. The molecular formula is C27H31ClF2N4O7S2. The van der Waals surface area contributed by atoms with Crippen LogP contribution in [0.4, 0.5) is 8.78 Å². The van der Waals surface area contributed by atoms with Gasteiger partial charge in [0.25, 0.3) is 0 Å². The average molecular weight is 661 g/mol. The quantitative estimate of drug-likeness (QED) is 0.270. The summed E-state index contributed by atoms with van der Waals surface area (Å²) in [5.74, 6) is -4.49. The van der Waals surface area contributed by atoms with Crippen LogP contribution in [0, 0.1) is 17.6 Å². The van der Waals surface area contributed by atoms with E-state index < -0.39 is 56.8 Å². The molecule has 4 rings (SSSR count). The topological polar surface area (TPSA) is 147 Å². The molecule has 2 aliphatic rings. The van der Waals surface area contributed by atoms with Crippen LogP contribution in [0.25, 0.3) is 0 Å². The molecule has 2 heterocycles. The fourth-order valence-corrected chi connectivity index (χ4v) is 7.54. The molecule has 1 saturated carbocycles. The monoisotopic (exact) mass is 660 g/mol. The maximum Gasteiger partial charge on any atom is 0.335 e. The van der Waals surface area contributed by atoms with Gasteiger partial charge >= 0.3 is 11.9 Å². The fourth-order valence-electron chi connectivity index (χ4n) is 5.50. The predicted octanol–water partition coefficient (Wildman–Crippen LogP) is 3.90. The number of hydrogen-bond donors (Lipinski definition) is 2. The maximum atomic E-state index is 14.5. The number of carboxylic acid groups (broad SMARTS) is 1. The molecule has 0 radical (unpaired) electrons. The average Bonchev–Trinajstić information content (AvgIpc) is 3.49. The molecule has 2 N–H and O–H groups in total. The van der Waals surface area contributed by atoms with Crippen LogP contribution in [0.1, 0.15) is 49.2 Å². The van der Waals surface area contributed by atoms with Gasteiger partial charge in [-0.3, -0.25) is 9.79 Å². The third-order valence-electron chi connectivity index (χ3n) is 7.31. The Morgan fingerprint density at radius 1 is 1.26 bits per heavy atom. The van der Waals surface area contributed by atoms with Crippen molar-refractivity contribution in [1.29, 1.82) is 0 Å². The van der Waals surface area contributed by atoms with E-state index in [0.29, 0.717) is 36.4 Å². The zero-order valence-electron chi connectivity index (χ0n) is 23.6. The molecule has 43 heavy (non-hydrogen) atoms. The molecule has 0 bridgehead atoms. The Hall–Kier alpha value is -2.98. The fraction of sp³-hybridized carbons (Fsp3) is 0.481. The molecule has 16 heteroatoms. The number of aliphatic imine (C=N–C) groups is 1. The third kappa shape index (κ3) is 7.58. The maximum absolute atomic E-state index is 14.5. The van der Waals surface area contributed by atoms with Gasteiger partial charge in [0, 0.05) is 42.9 Å². The number of amidine groups is 1. The number of carboxylic acids is 1. The Morgan fingerprint density at radius 2 is 1.95 bits per heavy atom. The first-order valence-electron chi connectivity index (χ1n) is 13.3. The second-order valence-electron chi connectivity index (χ2n) is 10.3. The molecule has 2 atom stereocenters. The Labute approximate surface area is 256 Å². The number of hydrogen-bond acceptors (Lipinski definition) is 10. The summed E-state index contributed by atoms with van der Waals surface area (Å²) in [6.45, 7) is 1.14. The van der Waals surface area contributed by atoms with Crippen molar-refractivity contribution >= 4 is 50.7 Å². The number of methoxy groups -OCH3 is 1. The van der Waals surface area contributed by atoms with Crippen molar-refractivity contribution in [2.45, 2.75) is 50.8 Å². The molecule has 1 aliphatic heterocycles. The number of rotatable bonds is 11. The summed E-state index contributed by atoms with van der Waals surface area (Å²) < 4.78 is 65.6. The van der Waals surface area contributed by atoms with E-state index >= 15 is 0 Å². The highest BCUT2D eigenvalue weighted by atomic mass is 35.5. The lowest BCUT2D eigenvalue weighted by atomic mass is 9.80. The van der Waals surface area contributed by atoms with Gasteiger partial charge in [-0.25, -0.2) is 27.0 Å². The number of ether oxygens (including phenoxy) is 2. The van der Waals surface area contributed by atoms with Crippen molar-refractivity contribution in [3.63, 3.8) is 0 Å². The number of halogens is 3. The van der Waals surface area contributed by atoms with Crippen LogP contribution in [0.3, 0.4) is 0 Å². The number of carbonyl (C=O) groups excluding carboxylic acids is 1. The van der Waals surface area contributed by atoms with Crippen molar-refractivity contribution in [2.24, 2.45) is 10.9 Å². The van der Waals surface area contributed by atoms with Crippen molar-refractivity contribution < 1.29 is 41.4 Å². The number of allylic oxidation sites excluding steroid dienone is 1. The molecule has 0 amide bonds. The molecule has 11 nitrogen and oxygen atoms in total. The van der Waals surface area contributed by atoms with Gasteiger partial charge in [0.05, 0.1) is 30.0 Å². The minimum atomic E-state index is -3.72. The number of carbonyl (C=O) groups is 2. The zero-order chi connectivity index (χ0) is 31.5. The second-order valence-corrected chi connectivity index (χ2v) is 13.5. The van der Waals surface area contributed by atoms with Crippen molar-refractivity contribution in [3.05, 3.63) is 62.2 Å². The largest absolute Gasteiger partial charge is 0.478 e. The van der Waals surface area contributed by atoms with Gasteiger partial charge in [-0.15, -0.1) is 11.3 Å². The highest BCUT2D eigenvalue weighted by Crippen LogP contribution is 2.42. The first kappa shape index (κ1) is 32.9. The van der Waals surface area contributed by atoms with Crippen molar-refractivity contribution in [2.75, 3.05) is 26.5 Å². The van der Waals surface area contributed by atoms with Gasteiger partial charge in [-0.1, -0.05) is 17.7 Å². The number of benzene rings is 1. The van der Waals surface area contributed by atoms with Crippen LogP contribution in [-0.2, 0) is 29.1 Å². The Morgan fingerprint density at radius 3 is 2.51 bits per heavy atom. The van der Waals surface area contributed by atoms with E-state index in [1.807, 2.05) is 0 Å². The number of esters is 1.